The molecule has 1 atom stereocenters. The highest BCUT2D eigenvalue weighted by atomic mass is 32.2. The van der Waals surface area contributed by atoms with Gasteiger partial charge in [-0.05, 0) is 19.4 Å². The number of pyridine rings is 1. The topological polar surface area (TPSA) is 79.4 Å². The minimum Gasteiger partial charge on any atom is -0.385 e. The van der Waals surface area contributed by atoms with Crippen LogP contribution < -0.4 is 5.32 Å². The molecular formula is C13H19N3O3S. The Morgan fingerprint density at radius 2 is 2.30 bits per heavy atom. The van der Waals surface area contributed by atoms with Crippen molar-refractivity contribution in [2.75, 3.05) is 30.4 Å². The van der Waals surface area contributed by atoms with Gasteiger partial charge >= 0.3 is 0 Å². The van der Waals surface area contributed by atoms with Gasteiger partial charge in [0.05, 0.1) is 22.8 Å². The van der Waals surface area contributed by atoms with Gasteiger partial charge in [-0.25, -0.2) is 8.42 Å². The maximum Gasteiger partial charge on any atom is 0.257 e. The number of hydrogen-bond acceptors (Lipinski definition) is 5. The van der Waals surface area contributed by atoms with Crippen LogP contribution in [0.1, 0.15) is 23.7 Å². The molecule has 0 aliphatic carbocycles. The molecule has 0 bridgehead atoms. The Morgan fingerprint density at radius 1 is 1.55 bits per heavy atom. The van der Waals surface area contributed by atoms with Gasteiger partial charge < -0.3 is 10.2 Å². The number of rotatable bonds is 4. The van der Waals surface area contributed by atoms with E-state index in [4.69, 9.17) is 0 Å². The number of hydrogen-bond donors (Lipinski definition) is 1. The zero-order valence-electron chi connectivity index (χ0n) is 11.7. The molecule has 0 aromatic carbocycles. The SMILES string of the molecule is CCNc1ccncc1C(=O)N(C)C1CCS(=O)(=O)C1. The zero-order chi connectivity index (χ0) is 14.8. The quantitative estimate of drug-likeness (QED) is 0.888. The van der Waals surface area contributed by atoms with Gasteiger partial charge in [-0.15, -0.1) is 0 Å². The predicted molar refractivity (Wildman–Crippen MR) is 77.6 cm³/mol. The van der Waals surface area contributed by atoms with Gasteiger partial charge in [0.2, 0.25) is 0 Å². The molecular weight excluding hydrogens is 278 g/mol. The van der Waals surface area contributed by atoms with Gasteiger partial charge in [-0.2, -0.15) is 0 Å². The monoisotopic (exact) mass is 297 g/mol. The second kappa shape index (κ2) is 5.78. The van der Waals surface area contributed by atoms with Crippen molar-refractivity contribution in [1.82, 2.24) is 9.88 Å². The van der Waals surface area contributed by atoms with Crippen LogP contribution in [0.2, 0.25) is 0 Å². The molecule has 0 saturated carbocycles. The Labute approximate surface area is 119 Å². The summed E-state index contributed by atoms with van der Waals surface area (Å²) in [5, 5.41) is 3.11. The van der Waals surface area contributed by atoms with E-state index in [0.717, 1.165) is 5.69 Å². The summed E-state index contributed by atoms with van der Waals surface area (Å²) < 4.78 is 23.0. The summed E-state index contributed by atoms with van der Waals surface area (Å²) in [6.07, 6.45) is 3.64. The first kappa shape index (κ1) is 14.8. The maximum atomic E-state index is 12.5. The van der Waals surface area contributed by atoms with E-state index in [-0.39, 0.29) is 23.5 Å². The van der Waals surface area contributed by atoms with Crippen molar-refractivity contribution in [1.29, 1.82) is 0 Å². The normalized spacial score (nSPS) is 20.6. The molecule has 1 aliphatic rings. The van der Waals surface area contributed by atoms with E-state index in [1.807, 2.05) is 6.92 Å². The van der Waals surface area contributed by atoms with Crippen molar-refractivity contribution in [3.8, 4) is 0 Å². The first-order valence-corrected chi connectivity index (χ1v) is 8.42. The van der Waals surface area contributed by atoms with Crippen LogP contribution in [0.5, 0.6) is 0 Å². The van der Waals surface area contributed by atoms with E-state index in [1.165, 1.54) is 11.1 Å². The summed E-state index contributed by atoms with van der Waals surface area (Å²) in [5.74, 6) is 0.00480. The summed E-state index contributed by atoms with van der Waals surface area (Å²) in [5.41, 5.74) is 1.20. The molecule has 1 amide bonds. The van der Waals surface area contributed by atoms with Crippen molar-refractivity contribution in [2.45, 2.75) is 19.4 Å². The molecule has 2 heterocycles. The van der Waals surface area contributed by atoms with Crippen LogP contribution in [0, 0.1) is 0 Å². The Morgan fingerprint density at radius 3 is 2.90 bits per heavy atom. The van der Waals surface area contributed by atoms with E-state index in [2.05, 4.69) is 10.3 Å². The van der Waals surface area contributed by atoms with Gasteiger partial charge in [0.1, 0.15) is 0 Å². The molecule has 20 heavy (non-hydrogen) atoms. The summed E-state index contributed by atoms with van der Waals surface area (Å²) in [4.78, 5) is 18.0. The van der Waals surface area contributed by atoms with E-state index in [0.29, 0.717) is 18.5 Å². The van der Waals surface area contributed by atoms with E-state index < -0.39 is 9.84 Å². The molecule has 1 aliphatic heterocycles. The smallest absolute Gasteiger partial charge is 0.257 e. The molecule has 110 valence electrons. The molecule has 1 N–H and O–H groups in total. The first-order chi connectivity index (χ1) is 9.44. The summed E-state index contributed by atoms with van der Waals surface area (Å²) in [6.45, 7) is 2.65. The Hall–Kier alpha value is -1.63. The fourth-order valence-corrected chi connectivity index (χ4v) is 4.12. The second-order valence-corrected chi connectivity index (χ2v) is 7.15. The summed E-state index contributed by atoms with van der Waals surface area (Å²) >= 11 is 0. The van der Waals surface area contributed by atoms with Crippen LogP contribution in [-0.2, 0) is 9.84 Å². The molecule has 1 aromatic rings. The van der Waals surface area contributed by atoms with Gasteiger partial charge in [-0.3, -0.25) is 9.78 Å². The highest BCUT2D eigenvalue weighted by molar-refractivity contribution is 7.91. The third kappa shape index (κ3) is 3.09. The largest absolute Gasteiger partial charge is 0.385 e. The predicted octanol–water partition coefficient (Wildman–Crippen LogP) is 0.772. The highest BCUT2D eigenvalue weighted by Gasteiger charge is 2.33. The molecule has 6 nitrogen and oxygen atoms in total. The van der Waals surface area contributed by atoms with Crippen molar-refractivity contribution in [3.05, 3.63) is 24.0 Å². The van der Waals surface area contributed by atoms with Crippen LogP contribution in [-0.4, -0.2) is 55.3 Å². The lowest BCUT2D eigenvalue weighted by Gasteiger charge is -2.24. The first-order valence-electron chi connectivity index (χ1n) is 6.60. The number of sulfone groups is 1. The van der Waals surface area contributed by atoms with Crippen LogP contribution in [0.15, 0.2) is 18.5 Å². The standard InChI is InChI=1S/C13H19N3O3S/c1-3-15-12-4-6-14-8-11(12)13(17)16(2)10-5-7-20(18,19)9-10/h4,6,8,10H,3,5,7,9H2,1-2H3,(H,14,15). The molecule has 1 saturated heterocycles. The van der Waals surface area contributed by atoms with Crippen molar-refractivity contribution >= 4 is 21.4 Å². The molecule has 0 radical (unpaired) electrons. The third-order valence-electron chi connectivity index (χ3n) is 3.50. The van der Waals surface area contributed by atoms with Gasteiger partial charge in [0.15, 0.2) is 9.84 Å². The number of aromatic nitrogens is 1. The lowest BCUT2D eigenvalue weighted by Crippen LogP contribution is -2.38. The number of carbonyl (C=O) groups is 1. The third-order valence-corrected chi connectivity index (χ3v) is 5.25. The minimum atomic E-state index is -3.00. The zero-order valence-corrected chi connectivity index (χ0v) is 12.5. The van der Waals surface area contributed by atoms with E-state index >= 15 is 0 Å². The molecule has 1 aromatic heterocycles. The lowest BCUT2D eigenvalue weighted by molar-refractivity contribution is 0.0748. The summed E-state index contributed by atoms with van der Waals surface area (Å²) in [6, 6.07) is 1.50. The van der Waals surface area contributed by atoms with E-state index in [9.17, 15) is 13.2 Å². The van der Waals surface area contributed by atoms with Gasteiger partial charge in [-0.1, -0.05) is 0 Å². The van der Waals surface area contributed by atoms with Crippen molar-refractivity contribution < 1.29 is 13.2 Å². The van der Waals surface area contributed by atoms with Crippen molar-refractivity contribution in [2.24, 2.45) is 0 Å². The molecule has 2 rings (SSSR count). The molecule has 1 unspecified atom stereocenters. The Kier molecular flexibility index (Phi) is 4.27. The average molecular weight is 297 g/mol. The molecule has 1 fully saturated rings. The van der Waals surface area contributed by atoms with Gasteiger partial charge in [0.25, 0.3) is 5.91 Å². The van der Waals surface area contributed by atoms with Crippen LogP contribution in [0.25, 0.3) is 0 Å². The minimum absolute atomic E-state index is 0.0477. The van der Waals surface area contributed by atoms with Crippen LogP contribution in [0.3, 0.4) is 0 Å². The van der Waals surface area contributed by atoms with Crippen LogP contribution >= 0.6 is 0 Å². The number of carbonyl (C=O) groups excluding carboxylic acids is 1. The highest BCUT2D eigenvalue weighted by Crippen LogP contribution is 2.21. The van der Waals surface area contributed by atoms with Crippen molar-refractivity contribution in [3.63, 3.8) is 0 Å². The Bertz CT molecular complexity index is 601. The van der Waals surface area contributed by atoms with Gasteiger partial charge in [0, 0.05) is 32.0 Å². The number of amides is 1. The Balaban J connectivity index is 2.19. The number of nitrogens with one attached hydrogen (secondary N) is 1. The number of nitrogens with zero attached hydrogens (tertiary/aromatic N) is 2. The van der Waals surface area contributed by atoms with E-state index in [1.54, 1.807) is 19.3 Å². The summed E-state index contributed by atoms with van der Waals surface area (Å²) in [7, 11) is -1.35. The second-order valence-electron chi connectivity index (χ2n) is 4.92. The maximum absolute atomic E-state index is 12.5. The number of anilines is 1. The lowest BCUT2D eigenvalue weighted by atomic mass is 10.1. The molecule has 7 heteroatoms. The van der Waals surface area contributed by atoms with Crippen LogP contribution in [0.4, 0.5) is 5.69 Å². The fourth-order valence-electron chi connectivity index (χ4n) is 2.35. The fraction of sp³-hybridized carbons (Fsp3) is 0.538. The average Bonchev–Trinajstić information content (AvgIpc) is 2.78. The molecule has 0 spiro atoms.